The van der Waals surface area contributed by atoms with Crippen LogP contribution in [0.4, 0.5) is 0 Å². The predicted octanol–water partition coefficient (Wildman–Crippen LogP) is 3.98. The molecule has 1 heterocycles. The number of carbonyl (C=O) groups excluding carboxylic acids is 2. The third kappa shape index (κ3) is 7.11. The molecule has 1 aromatic heterocycles. The highest BCUT2D eigenvalue weighted by Crippen LogP contribution is 2.21. The maximum atomic E-state index is 13.1. The van der Waals surface area contributed by atoms with Crippen molar-refractivity contribution in [3.63, 3.8) is 0 Å². The molecular weight excluding hydrogens is 406 g/mol. The molecule has 0 spiro atoms. The van der Waals surface area contributed by atoms with E-state index in [1.807, 2.05) is 45.0 Å². The summed E-state index contributed by atoms with van der Waals surface area (Å²) in [5.74, 6) is -1.85. The molecule has 0 saturated heterocycles. The van der Waals surface area contributed by atoms with E-state index in [1.165, 1.54) is 0 Å². The van der Waals surface area contributed by atoms with E-state index in [9.17, 15) is 19.5 Å². The molecule has 1 aromatic carbocycles. The number of aromatic nitrogens is 1. The van der Waals surface area contributed by atoms with Crippen LogP contribution in [0.2, 0.25) is 0 Å². The molecule has 32 heavy (non-hydrogen) atoms. The van der Waals surface area contributed by atoms with Crippen LogP contribution in [0, 0.1) is 11.8 Å². The van der Waals surface area contributed by atoms with Gasteiger partial charge in [0.1, 0.15) is 6.04 Å². The summed E-state index contributed by atoms with van der Waals surface area (Å²) in [7, 11) is 0. The Morgan fingerprint density at radius 2 is 1.88 bits per heavy atom. The first-order valence-electron chi connectivity index (χ1n) is 11.6. The zero-order chi connectivity index (χ0) is 23.7. The third-order valence-electron chi connectivity index (χ3n) is 5.78. The number of carboxylic acids is 1. The van der Waals surface area contributed by atoms with Crippen molar-refractivity contribution >= 4 is 28.7 Å². The monoisotopic (exact) mass is 443 g/mol. The number of H-pyrrole nitrogens is 1. The maximum absolute atomic E-state index is 13.1. The standard InChI is InChI=1S/C25H37N3O4/c1-5-7-12-28(6-2)23(29)15-18(13-17(3)4)24(30)27-22(25(31)32)14-19-16-26-21-11-9-8-10-20(19)21/h8-11,16-18,22,26H,5-7,12-15H2,1-4H3,(H,27,30)(H,31,32)/t18?,22-/m1/s1. The van der Waals surface area contributed by atoms with Crippen molar-refractivity contribution in [1.82, 2.24) is 15.2 Å². The number of para-hydroxylation sites is 1. The highest BCUT2D eigenvalue weighted by Gasteiger charge is 2.29. The van der Waals surface area contributed by atoms with Gasteiger partial charge in [-0.3, -0.25) is 9.59 Å². The van der Waals surface area contributed by atoms with Crippen molar-refractivity contribution in [2.24, 2.45) is 11.8 Å². The van der Waals surface area contributed by atoms with Crippen LogP contribution in [0.25, 0.3) is 10.9 Å². The molecule has 2 amide bonds. The van der Waals surface area contributed by atoms with Crippen LogP contribution in [0.1, 0.15) is 58.9 Å². The fourth-order valence-corrected chi connectivity index (χ4v) is 4.01. The molecule has 0 fully saturated rings. The van der Waals surface area contributed by atoms with Crippen LogP contribution in [-0.4, -0.2) is 51.9 Å². The van der Waals surface area contributed by atoms with E-state index in [-0.39, 0.29) is 30.6 Å². The van der Waals surface area contributed by atoms with Gasteiger partial charge in [0.25, 0.3) is 0 Å². The zero-order valence-corrected chi connectivity index (χ0v) is 19.7. The van der Waals surface area contributed by atoms with Crippen molar-refractivity contribution in [1.29, 1.82) is 0 Å². The van der Waals surface area contributed by atoms with Gasteiger partial charge in [0.05, 0.1) is 0 Å². The smallest absolute Gasteiger partial charge is 0.326 e. The average molecular weight is 444 g/mol. The number of rotatable bonds is 13. The number of carbonyl (C=O) groups is 3. The lowest BCUT2D eigenvalue weighted by atomic mass is 9.92. The summed E-state index contributed by atoms with van der Waals surface area (Å²) in [5, 5.41) is 13.4. The molecule has 2 aromatic rings. The summed E-state index contributed by atoms with van der Waals surface area (Å²) >= 11 is 0. The summed E-state index contributed by atoms with van der Waals surface area (Å²) in [5.41, 5.74) is 1.76. The Morgan fingerprint density at radius 1 is 1.16 bits per heavy atom. The molecule has 0 radical (unpaired) electrons. The Balaban J connectivity index is 2.12. The summed E-state index contributed by atoms with van der Waals surface area (Å²) in [4.78, 5) is 42.8. The Bertz CT molecular complexity index is 905. The van der Waals surface area contributed by atoms with Gasteiger partial charge < -0.3 is 20.3 Å². The summed E-state index contributed by atoms with van der Waals surface area (Å²) in [6.45, 7) is 9.30. The fraction of sp³-hybridized carbons (Fsp3) is 0.560. The first kappa shape index (κ1) is 25.4. The van der Waals surface area contributed by atoms with Crippen molar-refractivity contribution in [3.05, 3.63) is 36.0 Å². The molecule has 0 aliphatic heterocycles. The maximum Gasteiger partial charge on any atom is 0.326 e. The summed E-state index contributed by atoms with van der Waals surface area (Å²) < 4.78 is 0. The minimum absolute atomic E-state index is 0.0507. The molecule has 0 bridgehead atoms. The van der Waals surface area contributed by atoms with E-state index in [0.29, 0.717) is 19.5 Å². The first-order chi connectivity index (χ1) is 15.3. The minimum Gasteiger partial charge on any atom is -0.480 e. The largest absolute Gasteiger partial charge is 0.480 e. The molecule has 0 aliphatic rings. The number of aliphatic carboxylic acids is 1. The molecule has 7 heteroatoms. The van der Waals surface area contributed by atoms with Gasteiger partial charge in [-0.2, -0.15) is 0 Å². The molecule has 1 unspecified atom stereocenters. The SMILES string of the molecule is CCCCN(CC)C(=O)CC(CC(C)C)C(=O)N[C@H](Cc1c[nH]c2ccccc12)C(=O)O. The van der Waals surface area contributed by atoms with Crippen LogP contribution in [0.5, 0.6) is 0 Å². The molecule has 176 valence electrons. The predicted molar refractivity (Wildman–Crippen MR) is 126 cm³/mol. The lowest BCUT2D eigenvalue weighted by molar-refractivity contribution is -0.143. The number of hydrogen-bond acceptors (Lipinski definition) is 3. The topological polar surface area (TPSA) is 103 Å². The van der Waals surface area contributed by atoms with E-state index in [0.717, 1.165) is 29.3 Å². The molecule has 0 saturated carbocycles. The average Bonchev–Trinajstić information content (AvgIpc) is 3.15. The van der Waals surface area contributed by atoms with Gasteiger partial charge in [0.2, 0.25) is 11.8 Å². The van der Waals surface area contributed by atoms with Crippen molar-refractivity contribution in [2.75, 3.05) is 13.1 Å². The number of unbranched alkanes of at least 4 members (excludes halogenated alkanes) is 1. The third-order valence-corrected chi connectivity index (χ3v) is 5.78. The van der Waals surface area contributed by atoms with Crippen LogP contribution in [0.3, 0.4) is 0 Å². The molecule has 0 aliphatic carbocycles. The van der Waals surface area contributed by atoms with Crippen molar-refractivity contribution in [3.8, 4) is 0 Å². The zero-order valence-electron chi connectivity index (χ0n) is 19.7. The number of benzene rings is 1. The normalized spacial score (nSPS) is 13.2. The van der Waals surface area contributed by atoms with Gasteiger partial charge in [-0.15, -0.1) is 0 Å². The van der Waals surface area contributed by atoms with E-state index in [1.54, 1.807) is 11.1 Å². The summed E-state index contributed by atoms with van der Waals surface area (Å²) in [6.07, 6.45) is 4.50. The van der Waals surface area contributed by atoms with Crippen LogP contribution < -0.4 is 5.32 Å². The van der Waals surface area contributed by atoms with E-state index >= 15 is 0 Å². The molecule has 2 rings (SSSR count). The van der Waals surface area contributed by atoms with E-state index in [4.69, 9.17) is 0 Å². The van der Waals surface area contributed by atoms with Crippen LogP contribution in [0.15, 0.2) is 30.5 Å². The Kier molecular flexibility index (Phi) is 9.75. The fourth-order valence-electron chi connectivity index (χ4n) is 4.01. The van der Waals surface area contributed by atoms with E-state index in [2.05, 4.69) is 17.2 Å². The van der Waals surface area contributed by atoms with Gasteiger partial charge in [-0.1, -0.05) is 45.4 Å². The highest BCUT2D eigenvalue weighted by molar-refractivity contribution is 5.89. The minimum atomic E-state index is -1.09. The van der Waals surface area contributed by atoms with Gasteiger partial charge in [-0.25, -0.2) is 4.79 Å². The first-order valence-corrected chi connectivity index (χ1v) is 11.6. The molecule has 3 N–H and O–H groups in total. The van der Waals surface area contributed by atoms with Crippen LogP contribution >= 0.6 is 0 Å². The van der Waals surface area contributed by atoms with E-state index < -0.39 is 17.9 Å². The number of hydrogen-bond donors (Lipinski definition) is 3. The lowest BCUT2D eigenvalue weighted by Gasteiger charge is -2.25. The second-order valence-electron chi connectivity index (χ2n) is 8.82. The molecular formula is C25H37N3O4. The number of aromatic amines is 1. The Hall–Kier alpha value is -2.83. The van der Waals surface area contributed by atoms with Gasteiger partial charge >= 0.3 is 5.97 Å². The second kappa shape index (κ2) is 12.3. The Labute approximate surface area is 190 Å². The van der Waals surface area contributed by atoms with Gasteiger partial charge in [0, 0.05) is 48.9 Å². The number of carboxylic acid groups (broad SMARTS) is 1. The number of fused-ring (bicyclic) bond motifs is 1. The number of amides is 2. The molecule has 2 atom stereocenters. The lowest BCUT2D eigenvalue weighted by Crippen LogP contribution is -2.46. The van der Waals surface area contributed by atoms with Gasteiger partial charge in [0.15, 0.2) is 0 Å². The van der Waals surface area contributed by atoms with Crippen molar-refractivity contribution < 1.29 is 19.5 Å². The quantitative estimate of drug-likeness (QED) is 0.436. The number of nitrogens with one attached hydrogen (secondary N) is 2. The van der Waals surface area contributed by atoms with Crippen LogP contribution in [-0.2, 0) is 20.8 Å². The number of nitrogens with zero attached hydrogens (tertiary/aromatic N) is 1. The summed E-state index contributed by atoms with van der Waals surface area (Å²) in [6, 6.07) is 6.60. The molecule has 7 nitrogen and oxygen atoms in total. The van der Waals surface area contributed by atoms with Crippen molar-refractivity contribution in [2.45, 2.75) is 65.8 Å². The Morgan fingerprint density at radius 3 is 2.50 bits per heavy atom. The second-order valence-corrected chi connectivity index (χ2v) is 8.82. The van der Waals surface area contributed by atoms with Gasteiger partial charge in [-0.05, 0) is 37.3 Å². The highest BCUT2D eigenvalue weighted by atomic mass is 16.4.